The monoisotopic (exact) mass is 398 g/mol. The molecule has 152 valence electrons. The lowest BCUT2D eigenvalue weighted by Gasteiger charge is -2.10. The molecule has 0 unspecified atom stereocenters. The molecule has 0 saturated heterocycles. The van der Waals surface area contributed by atoms with Crippen molar-refractivity contribution in [1.82, 2.24) is 10.5 Å². The van der Waals surface area contributed by atoms with E-state index in [4.69, 9.17) is 4.52 Å². The maximum Gasteiger partial charge on any atom is 0.416 e. The number of hydrogen-bond acceptors (Lipinski definition) is 5. The van der Waals surface area contributed by atoms with E-state index >= 15 is 0 Å². The predicted molar refractivity (Wildman–Crippen MR) is 96.1 cm³/mol. The molecular weight excluding hydrogens is 377 g/mol. The van der Waals surface area contributed by atoms with Crippen LogP contribution in [0.25, 0.3) is 0 Å². The number of aliphatic hydroxyl groups is 1. The molecule has 1 aromatic heterocycles. The van der Waals surface area contributed by atoms with Gasteiger partial charge in [0.1, 0.15) is 5.76 Å². The van der Waals surface area contributed by atoms with Crippen molar-refractivity contribution in [1.29, 1.82) is 0 Å². The summed E-state index contributed by atoms with van der Waals surface area (Å²) in [6, 6.07) is 5.93. The predicted octanol–water partition coefficient (Wildman–Crippen LogP) is 3.34. The van der Waals surface area contributed by atoms with Crippen molar-refractivity contribution in [3.05, 3.63) is 41.7 Å². The first-order valence-electron chi connectivity index (χ1n) is 8.86. The van der Waals surface area contributed by atoms with E-state index in [0.29, 0.717) is 31.0 Å². The Morgan fingerprint density at radius 1 is 1.21 bits per heavy atom. The van der Waals surface area contributed by atoms with Gasteiger partial charge in [0, 0.05) is 24.8 Å². The Morgan fingerprint density at radius 3 is 2.54 bits per heavy atom. The summed E-state index contributed by atoms with van der Waals surface area (Å²) in [6.07, 6.45) is -2.11. The van der Waals surface area contributed by atoms with E-state index in [1.54, 1.807) is 6.07 Å². The number of carbonyl (C=O) groups is 1. The molecule has 0 bridgehead atoms. The van der Waals surface area contributed by atoms with Gasteiger partial charge in [-0.1, -0.05) is 5.16 Å². The summed E-state index contributed by atoms with van der Waals surface area (Å²) < 4.78 is 42.7. The van der Waals surface area contributed by atoms with Gasteiger partial charge in [-0.3, -0.25) is 5.32 Å². The summed E-state index contributed by atoms with van der Waals surface area (Å²) in [6.45, 7) is 0.837. The quantitative estimate of drug-likeness (QED) is 0.511. The highest BCUT2D eigenvalue weighted by Gasteiger charge is 2.47. The Bertz CT molecular complexity index is 801. The molecule has 2 amide bonds. The smallest absolute Gasteiger partial charge is 0.395 e. The van der Waals surface area contributed by atoms with E-state index in [9.17, 15) is 23.1 Å². The molecule has 0 aliphatic heterocycles. The van der Waals surface area contributed by atoms with E-state index in [-0.39, 0.29) is 17.8 Å². The van der Waals surface area contributed by atoms with Crippen LogP contribution in [0.1, 0.15) is 30.6 Å². The van der Waals surface area contributed by atoms with E-state index in [1.165, 1.54) is 12.1 Å². The second-order valence-electron chi connectivity index (χ2n) is 6.75. The number of alkyl halides is 3. The van der Waals surface area contributed by atoms with Gasteiger partial charge in [0.15, 0.2) is 5.82 Å². The van der Waals surface area contributed by atoms with Crippen LogP contribution in [0, 0.1) is 0 Å². The van der Waals surface area contributed by atoms with Gasteiger partial charge in [0.05, 0.1) is 17.6 Å². The van der Waals surface area contributed by atoms with Crippen molar-refractivity contribution in [2.45, 2.75) is 30.9 Å². The Kier molecular flexibility index (Phi) is 5.78. The Balaban J connectivity index is 1.33. The van der Waals surface area contributed by atoms with Crippen molar-refractivity contribution in [2.24, 2.45) is 0 Å². The molecule has 4 N–H and O–H groups in total. The van der Waals surface area contributed by atoms with Crippen LogP contribution < -0.4 is 16.0 Å². The number of carbonyl (C=O) groups excluding carboxylic acids is 1. The van der Waals surface area contributed by atoms with Crippen molar-refractivity contribution >= 4 is 17.5 Å². The fraction of sp³-hybridized carbons (Fsp3) is 0.444. The number of nitrogens with one attached hydrogen (secondary N) is 3. The summed E-state index contributed by atoms with van der Waals surface area (Å²) in [5.74, 6) is 0.834. The largest absolute Gasteiger partial charge is 0.416 e. The molecule has 10 heteroatoms. The van der Waals surface area contributed by atoms with Gasteiger partial charge in [-0.05, 0) is 43.5 Å². The second-order valence-corrected chi connectivity index (χ2v) is 6.75. The van der Waals surface area contributed by atoms with Crippen LogP contribution in [0.4, 0.5) is 29.5 Å². The van der Waals surface area contributed by atoms with Crippen LogP contribution >= 0.6 is 0 Å². The minimum absolute atomic E-state index is 0.0141. The standard InChI is InChI=1S/C18H21F3N4O3/c19-18(20,21)12-2-4-13(5-3-12)22-8-1-9-23-16(27)24-15-10-14(28-25-15)17(11-26)6-7-17/h2-5,10,22,26H,1,6-9,11H2,(H2,23,24,25,27). The summed E-state index contributed by atoms with van der Waals surface area (Å²) in [4.78, 5) is 11.8. The molecule has 1 aliphatic rings. The number of urea groups is 1. The average Bonchev–Trinajstić information content (AvgIpc) is 3.33. The molecule has 0 radical (unpaired) electrons. The lowest BCUT2D eigenvalue weighted by Crippen LogP contribution is -2.30. The third kappa shape index (κ3) is 4.94. The fourth-order valence-electron chi connectivity index (χ4n) is 2.68. The topological polar surface area (TPSA) is 99.4 Å². The summed E-state index contributed by atoms with van der Waals surface area (Å²) in [7, 11) is 0. The zero-order valence-corrected chi connectivity index (χ0v) is 15.0. The van der Waals surface area contributed by atoms with E-state index in [2.05, 4.69) is 21.1 Å². The van der Waals surface area contributed by atoms with Crippen molar-refractivity contribution in [3.63, 3.8) is 0 Å². The van der Waals surface area contributed by atoms with Gasteiger partial charge in [-0.25, -0.2) is 4.79 Å². The van der Waals surface area contributed by atoms with Crippen LogP contribution in [0.3, 0.4) is 0 Å². The van der Waals surface area contributed by atoms with Crippen molar-refractivity contribution < 1.29 is 27.6 Å². The normalized spacial score (nSPS) is 15.1. The first kappa shape index (κ1) is 20.0. The molecule has 0 atom stereocenters. The summed E-state index contributed by atoms with van der Waals surface area (Å²) >= 11 is 0. The van der Waals surface area contributed by atoms with Crippen molar-refractivity contribution in [3.8, 4) is 0 Å². The number of amides is 2. The highest BCUT2D eigenvalue weighted by molar-refractivity contribution is 5.88. The molecule has 3 rings (SSSR count). The molecule has 1 aliphatic carbocycles. The first-order valence-corrected chi connectivity index (χ1v) is 8.86. The molecule has 7 nitrogen and oxygen atoms in total. The third-order valence-electron chi connectivity index (χ3n) is 4.61. The maximum atomic E-state index is 12.5. The number of aliphatic hydroxyl groups excluding tert-OH is 1. The summed E-state index contributed by atoms with van der Waals surface area (Å²) in [5.41, 5.74) is -0.475. The number of rotatable bonds is 8. The fourth-order valence-corrected chi connectivity index (χ4v) is 2.68. The lowest BCUT2D eigenvalue weighted by atomic mass is 10.1. The van der Waals surface area contributed by atoms with Crippen LogP contribution in [0.5, 0.6) is 0 Å². The maximum absolute atomic E-state index is 12.5. The highest BCUT2D eigenvalue weighted by Crippen LogP contribution is 2.48. The number of halogens is 3. The average molecular weight is 398 g/mol. The number of benzene rings is 1. The number of nitrogens with zero attached hydrogens (tertiary/aromatic N) is 1. The van der Waals surface area contributed by atoms with Crippen molar-refractivity contribution in [2.75, 3.05) is 30.3 Å². The van der Waals surface area contributed by atoms with Crippen LogP contribution in [0.15, 0.2) is 34.9 Å². The van der Waals surface area contributed by atoms with E-state index in [0.717, 1.165) is 25.0 Å². The third-order valence-corrected chi connectivity index (χ3v) is 4.61. The molecule has 1 heterocycles. The summed E-state index contributed by atoms with van der Waals surface area (Å²) in [5, 5.41) is 21.3. The zero-order valence-electron chi connectivity index (χ0n) is 15.0. The minimum Gasteiger partial charge on any atom is -0.395 e. The SMILES string of the molecule is O=C(NCCCNc1ccc(C(F)(F)F)cc1)Nc1cc(C2(CO)CC2)on1. The van der Waals surface area contributed by atoms with Gasteiger partial charge in [0.25, 0.3) is 0 Å². The van der Waals surface area contributed by atoms with Gasteiger partial charge >= 0.3 is 12.2 Å². The van der Waals surface area contributed by atoms with Crippen LogP contribution in [-0.2, 0) is 11.6 Å². The molecule has 0 spiro atoms. The molecule has 2 aromatic rings. The molecule has 1 saturated carbocycles. The van der Waals surface area contributed by atoms with Crippen LogP contribution in [-0.4, -0.2) is 36.0 Å². The Hall–Kier alpha value is -2.75. The minimum atomic E-state index is -4.35. The zero-order chi connectivity index (χ0) is 20.2. The van der Waals surface area contributed by atoms with E-state index in [1.807, 2.05) is 0 Å². The van der Waals surface area contributed by atoms with Gasteiger partial charge in [-0.15, -0.1) is 0 Å². The Morgan fingerprint density at radius 2 is 1.93 bits per heavy atom. The molecular formula is C18H21F3N4O3. The number of anilines is 2. The lowest BCUT2D eigenvalue weighted by molar-refractivity contribution is -0.137. The molecule has 28 heavy (non-hydrogen) atoms. The van der Waals surface area contributed by atoms with Gasteiger partial charge < -0.3 is 20.3 Å². The molecule has 1 fully saturated rings. The molecule has 1 aromatic carbocycles. The highest BCUT2D eigenvalue weighted by atomic mass is 19.4. The van der Waals surface area contributed by atoms with E-state index < -0.39 is 17.8 Å². The number of hydrogen-bond donors (Lipinski definition) is 4. The van der Waals surface area contributed by atoms with Gasteiger partial charge in [-0.2, -0.15) is 13.2 Å². The van der Waals surface area contributed by atoms with Gasteiger partial charge in [0.2, 0.25) is 0 Å². The van der Waals surface area contributed by atoms with Crippen LogP contribution in [0.2, 0.25) is 0 Å². The first-order chi connectivity index (χ1) is 13.3. The Labute approximate surface area is 159 Å². The second kappa shape index (κ2) is 8.09. The number of aromatic nitrogens is 1.